The van der Waals surface area contributed by atoms with Crippen molar-refractivity contribution in [3.63, 3.8) is 0 Å². The fourth-order valence-electron chi connectivity index (χ4n) is 4.78. The van der Waals surface area contributed by atoms with Crippen LogP contribution in [-0.4, -0.2) is 18.3 Å². The first-order valence-corrected chi connectivity index (χ1v) is 9.38. The Bertz CT molecular complexity index is 567. The van der Waals surface area contributed by atoms with Gasteiger partial charge in [0.25, 0.3) is 0 Å². The lowest BCUT2D eigenvalue weighted by atomic mass is 9.67. The van der Waals surface area contributed by atoms with Crippen LogP contribution in [0.4, 0.5) is 0 Å². The second kappa shape index (κ2) is 6.25. The maximum absolute atomic E-state index is 6.72. The Morgan fingerprint density at radius 1 is 1.13 bits per heavy atom. The summed E-state index contributed by atoms with van der Waals surface area (Å²) >= 11 is 0. The Hall–Kier alpha value is -0.795. The van der Waals surface area contributed by atoms with E-state index in [0.29, 0.717) is 0 Å². The third-order valence-corrected chi connectivity index (χ3v) is 6.40. The lowest BCUT2D eigenvalue weighted by Gasteiger charge is -2.47. The third-order valence-electron chi connectivity index (χ3n) is 6.40. The minimum absolute atomic E-state index is 0.0996. The zero-order chi connectivity index (χ0) is 16.7. The molecule has 0 aromatic heterocycles. The molecule has 0 N–H and O–H groups in total. The van der Waals surface area contributed by atoms with E-state index in [1.807, 2.05) is 0 Å². The molecule has 1 aliphatic heterocycles. The molecule has 0 radical (unpaired) electrons. The number of hydrogen-bond donors (Lipinski definition) is 0. The summed E-state index contributed by atoms with van der Waals surface area (Å²) in [7, 11) is -0.209. The van der Waals surface area contributed by atoms with Crippen molar-refractivity contribution in [2.75, 3.05) is 0 Å². The van der Waals surface area contributed by atoms with Gasteiger partial charge in [-0.1, -0.05) is 51.8 Å². The summed E-state index contributed by atoms with van der Waals surface area (Å²) in [6, 6.07) is 6.60. The molecule has 2 nitrogen and oxygen atoms in total. The number of aryl methyl sites for hydroxylation is 2. The van der Waals surface area contributed by atoms with Crippen molar-refractivity contribution >= 4 is 12.6 Å². The fraction of sp³-hybridized carbons (Fsp3) is 0.700. The molecular formula is C20H31BO2. The molecule has 3 heteroatoms. The van der Waals surface area contributed by atoms with E-state index in [9.17, 15) is 0 Å². The molecule has 126 valence electrons. The topological polar surface area (TPSA) is 18.5 Å². The highest BCUT2D eigenvalue weighted by Crippen LogP contribution is 2.51. The average Bonchev–Trinajstić information content (AvgIpc) is 2.84. The predicted molar refractivity (Wildman–Crippen MR) is 97.2 cm³/mol. The molecule has 2 unspecified atom stereocenters. The van der Waals surface area contributed by atoms with Gasteiger partial charge in [0, 0.05) is 0 Å². The van der Waals surface area contributed by atoms with Crippen LogP contribution in [-0.2, 0) is 9.31 Å². The maximum Gasteiger partial charge on any atom is 0.494 e. The van der Waals surface area contributed by atoms with E-state index in [0.717, 1.165) is 31.6 Å². The summed E-state index contributed by atoms with van der Waals surface area (Å²) in [6.45, 7) is 11.2. The van der Waals surface area contributed by atoms with Gasteiger partial charge < -0.3 is 9.31 Å². The van der Waals surface area contributed by atoms with E-state index < -0.39 is 0 Å². The normalized spacial score (nSPS) is 30.1. The van der Waals surface area contributed by atoms with Gasteiger partial charge in [-0.3, -0.25) is 0 Å². The second-order valence-corrected chi connectivity index (χ2v) is 7.81. The lowest BCUT2D eigenvalue weighted by molar-refractivity contribution is -0.0873. The maximum atomic E-state index is 6.72. The highest BCUT2D eigenvalue weighted by atomic mass is 16.7. The predicted octanol–water partition coefficient (Wildman–Crippen LogP) is 4.55. The highest BCUT2D eigenvalue weighted by molar-refractivity contribution is 6.62. The number of benzene rings is 1. The van der Waals surface area contributed by atoms with Crippen LogP contribution in [0.1, 0.15) is 70.4 Å². The van der Waals surface area contributed by atoms with Crippen LogP contribution in [0.3, 0.4) is 0 Å². The molecule has 3 rings (SSSR count). The molecular weight excluding hydrogens is 283 g/mol. The molecule has 2 fully saturated rings. The molecule has 1 aromatic rings. The SMILES string of the molecule is CCC1(CC)OB(c2ccc(C)c(C)c2)OC12CCCC(C)C2. The average molecular weight is 314 g/mol. The summed E-state index contributed by atoms with van der Waals surface area (Å²) in [6.07, 6.45) is 6.90. The van der Waals surface area contributed by atoms with Crippen molar-refractivity contribution < 1.29 is 9.31 Å². The molecule has 1 aromatic carbocycles. The van der Waals surface area contributed by atoms with Crippen molar-refractivity contribution in [1.29, 1.82) is 0 Å². The molecule has 0 bridgehead atoms. The Kier molecular flexibility index (Phi) is 4.63. The van der Waals surface area contributed by atoms with Gasteiger partial charge in [0.1, 0.15) is 0 Å². The fourth-order valence-corrected chi connectivity index (χ4v) is 4.78. The monoisotopic (exact) mass is 314 g/mol. The van der Waals surface area contributed by atoms with Crippen molar-refractivity contribution in [3.8, 4) is 0 Å². The van der Waals surface area contributed by atoms with Crippen LogP contribution in [0.25, 0.3) is 0 Å². The number of hydrogen-bond acceptors (Lipinski definition) is 2. The van der Waals surface area contributed by atoms with Gasteiger partial charge in [0.15, 0.2) is 0 Å². The van der Waals surface area contributed by atoms with Crippen molar-refractivity contribution in [3.05, 3.63) is 29.3 Å². The van der Waals surface area contributed by atoms with E-state index >= 15 is 0 Å². The van der Waals surface area contributed by atoms with Gasteiger partial charge in [-0.05, 0) is 62.0 Å². The van der Waals surface area contributed by atoms with Crippen LogP contribution in [0, 0.1) is 19.8 Å². The van der Waals surface area contributed by atoms with Crippen molar-refractivity contribution in [2.24, 2.45) is 5.92 Å². The van der Waals surface area contributed by atoms with E-state index in [4.69, 9.17) is 9.31 Å². The van der Waals surface area contributed by atoms with Crippen LogP contribution in [0.15, 0.2) is 18.2 Å². The summed E-state index contributed by atoms with van der Waals surface area (Å²) in [5.74, 6) is 0.725. The molecule has 1 aliphatic carbocycles. The van der Waals surface area contributed by atoms with Gasteiger partial charge in [-0.15, -0.1) is 0 Å². The summed E-state index contributed by atoms with van der Waals surface area (Å²) in [5.41, 5.74) is 3.58. The van der Waals surface area contributed by atoms with Crippen molar-refractivity contribution in [2.45, 2.75) is 84.3 Å². The lowest BCUT2D eigenvalue weighted by Crippen LogP contribution is -2.53. The highest BCUT2D eigenvalue weighted by Gasteiger charge is 2.60. The largest absolute Gasteiger partial charge is 0.494 e. The van der Waals surface area contributed by atoms with Crippen LogP contribution >= 0.6 is 0 Å². The molecule has 1 heterocycles. The zero-order valence-corrected chi connectivity index (χ0v) is 15.4. The quantitative estimate of drug-likeness (QED) is 0.762. The molecule has 0 amide bonds. The minimum Gasteiger partial charge on any atom is -0.399 e. The smallest absolute Gasteiger partial charge is 0.399 e. The third kappa shape index (κ3) is 2.76. The molecule has 1 saturated carbocycles. The van der Waals surface area contributed by atoms with Gasteiger partial charge in [-0.25, -0.2) is 0 Å². The van der Waals surface area contributed by atoms with Crippen LogP contribution in [0.2, 0.25) is 0 Å². The standard InChI is InChI=1S/C20H31BO2/c1-6-19(7-2)20(12-8-9-15(3)14-20)23-21(22-19)18-11-10-16(4)17(5)13-18/h10-11,13,15H,6-9,12,14H2,1-5H3. The molecule has 1 saturated heterocycles. The molecule has 1 spiro atoms. The number of rotatable bonds is 3. The van der Waals surface area contributed by atoms with Gasteiger partial charge >= 0.3 is 7.12 Å². The summed E-state index contributed by atoms with van der Waals surface area (Å²) in [4.78, 5) is 0. The van der Waals surface area contributed by atoms with Gasteiger partial charge in [-0.2, -0.15) is 0 Å². The summed E-state index contributed by atoms with van der Waals surface area (Å²) < 4.78 is 13.4. The first-order chi connectivity index (χ1) is 11.0. The van der Waals surface area contributed by atoms with Gasteiger partial charge in [0.05, 0.1) is 11.2 Å². The van der Waals surface area contributed by atoms with Crippen molar-refractivity contribution in [1.82, 2.24) is 0 Å². The van der Waals surface area contributed by atoms with Crippen LogP contribution in [0.5, 0.6) is 0 Å². The van der Waals surface area contributed by atoms with E-state index in [1.165, 1.54) is 29.4 Å². The first-order valence-electron chi connectivity index (χ1n) is 9.38. The van der Waals surface area contributed by atoms with Gasteiger partial charge in [0.2, 0.25) is 0 Å². The Morgan fingerprint density at radius 2 is 1.87 bits per heavy atom. The van der Waals surface area contributed by atoms with E-state index in [1.54, 1.807) is 0 Å². The Balaban J connectivity index is 1.95. The zero-order valence-electron chi connectivity index (χ0n) is 15.4. The first kappa shape index (κ1) is 17.0. The molecule has 2 atom stereocenters. The van der Waals surface area contributed by atoms with Crippen LogP contribution < -0.4 is 5.46 Å². The Morgan fingerprint density at radius 3 is 2.48 bits per heavy atom. The molecule has 23 heavy (non-hydrogen) atoms. The minimum atomic E-state index is -0.209. The second-order valence-electron chi connectivity index (χ2n) is 7.81. The van der Waals surface area contributed by atoms with E-state index in [2.05, 4.69) is 52.8 Å². The molecule has 2 aliphatic rings. The summed E-state index contributed by atoms with van der Waals surface area (Å²) in [5, 5.41) is 0. The van der Waals surface area contributed by atoms with E-state index in [-0.39, 0.29) is 18.3 Å². The Labute approximate surface area is 142 Å².